The topological polar surface area (TPSA) is 58.6 Å². The summed E-state index contributed by atoms with van der Waals surface area (Å²) in [5, 5.41) is 2.91. The zero-order valence-corrected chi connectivity index (χ0v) is 14.6. The first-order valence-corrected chi connectivity index (χ1v) is 8.73. The van der Waals surface area contributed by atoms with E-state index in [1.54, 1.807) is 11.0 Å². The van der Waals surface area contributed by atoms with Crippen LogP contribution < -0.4 is 10.1 Å². The zero-order valence-electron chi connectivity index (χ0n) is 14.6. The Kier molecular flexibility index (Phi) is 5.22. The molecule has 0 aliphatic carbocycles. The van der Waals surface area contributed by atoms with Gasteiger partial charge in [-0.1, -0.05) is 24.8 Å². The second-order valence-electron chi connectivity index (χ2n) is 6.56. The Morgan fingerprint density at radius 1 is 1.40 bits per heavy atom. The summed E-state index contributed by atoms with van der Waals surface area (Å²) in [7, 11) is 0. The van der Waals surface area contributed by atoms with Crippen molar-refractivity contribution in [1.29, 1.82) is 0 Å². The normalized spacial score (nSPS) is 20.8. The Morgan fingerprint density at radius 3 is 3.04 bits per heavy atom. The number of amides is 2. The predicted molar refractivity (Wildman–Crippen MR) is 96.4 cm³/mol. The molecule has 0 radical (unpaired) electrons. The summed E-state index contributed by atoms with van der Waals surface area (Å²) < 4.78 is 5.90. The molecule has 0 spiro atoms. The highest BCUT2D eigenvalue weighted by atomic mass is 16.5. The molecular formula is C20H24N2O3. The summed E-state index contributed by atoms with van der Waals surface area (Å²) in [4.78, 5) is 26.8. The molecule has 1 aromatic carbocycles. The number of nitrogens with one attached hydrogen (secondary N) is 1. The van der Waals surface area contributed by atoms with E-state index < -0.39 is 6.04 Å². The fourth-order valence-electron chi connectivity index (χ4n) is 3.37. The summed E-state index contributed by atoms with van der Waals surface area (Å²) in [6.07, 6.45) is 6.24. The first-order chi connectivity index (χ1) is 12.1. The second-order valence-corrected chi connectivity index (χ2v) is 6.56. The van der Waals surface area contributed by atoms with E-state index in [2.05, 4.69) is 11.9 Å². The molecule has 1 fully saturated rings. The number of hydrogen-bond donors (Lipinski definition) is 1. The molecule has 25 heavy (non-hydrogen) atoms. The Labute approximate surface area is 148 Å². The predicted octanol–water partition coefficient (Wildman–Crippen LogP) is 2.82. The molecule has 2 heterocycles. The van der Waals surface area contributed by atoms with Gasteiger partial charge in [-0.25, -0.2) is 0 Å². The maximum Gasteiger partial charge on any atom is 0.255 e. The van der Waals surface area contributed by atoms with Crippen molar-refractivity contribution >= 4 is 11.8 Å². The quantitative estimate of drug-likeness (QED) is 0.839. The second kappa shape index (κ2) is 7.55. The van der Waals surface area contributed by atoms with Crippen molar-refractivity contribution in [1.82, 2.24) is 10.2 Å². The van der Waals surface area contributed by atoms with Gasteiger partial charge in [0.25, 0.3) is 5.91 Å². The number of carbonyl (C=O) groups is 2. The van der Waals surface area contributed by atoms with Crippen LogP contribution in [0.25, 0.3) is 0 Å². The molecule has 1 N–H and O–H groups in total. The minimum atomic E-state index is -0.391. The van der Waals surface area contributed by atoms with Crippen LogP contribution in [0.4, 0.5) is 0 Å². The maximum absolute atomic E-state index is 12.8. The SMILES string of the molecule is C=C/C=C(\C)COc1cccc2c1CN([C@H]1CCCCNC1=O)C2=O. The molecule has 2 aliphatic heterocycles. The fourth-order valence-corrected chi connectivity index (χ4v) is 3.37. The number of allylic oxidation sites excluding steroid dienone is 2. The lowest BCUT2D eigenvalue weighted by atomic mass is 10.1. The maximum atomic E-state index is 12.8. The van der Waals surface area contributed by atoms with E-state index >= 15 is 0 Å². The van der Waals surface area contributed by atoms with Crippen molar-refractivity contribution in [3.05, 3.63) is 53.6 Å². The van der Waals surface area contributed by atoms with Crippen LogP contribution in [0, 0.1) is 0 Å². The summed E-state index contributed by atoms with van der Waals surface area (Å²) >= 11 is 0. The molecule has 0 bridgehead atoms. The summed E-state index contributed by atoms with van der Waals surface area (Å²) in [6, 6.07) is 5.13. The van der Waals surface area contributed by atoms with E-state index in [0.29, 0.717) is 37.4 Å². The van der Waals surface area contributed by atoms with E-state index in [1.807, 2.05) is 31.2 Å². The van der Waals surface area contributed by atoms with Gasteiger partial charge in [0.2, 0.25) is 5.91 Å². The number of nitrogens with zero attached hydrogens (tertiary/aromatic N) is 1. The van der Waals surface area contributed by atoms with E-state index in [4.69, 9.17) is 4.74 Å². The lowest BCUT2D eigenvalue weighted by Crippen LogP contribution is -2.45. The minimum Gasteiger partial charge on any atom is -0.489 e. The van der Waals surface area contributed by atoms with Gasteiger partial charge in [-0.2, -0.15) is 0 Å². The van der Waals surface area contributed by atoms with Gasteiger partial charge in [0.1, 0.15) is 18.4 Å². The molecule has 0 saturated carbocycles. The third-order valence-corrected chi connectivity index (χ3v) is 4.69. The fraction of sp³-hybridized carbons (Fsp3) is 0.400. The summed E-state index contributed by atoms with van der Waals surface area (Å²) in [6.45, 7) is 7.21. The summed E-state index contributed by atoms with van der Waals surface area (Å²) in [5.41, 5.74) is 2.56. The Bertz CT molecular complexity index is 724. The molecule has 2 aliphatic rings. The van der Waals surface area contributed by atoms with E-state index in [-0.39, 0.29) is 11.8 Å². The molecule has 132 valence electrons. The number of carbonyl (C=O) groups excluding carboxylic acids is 2. The van der Waals surface area contributed by atoms with Crippen molar-refractivity contribution in [3.63, 3.8) is 0 Å². The van der Waals surface area contributed by atoms with Gasteiger partial charge in [0.15, 0.2) is 0 Å². The molecular weight excluding hydrogens is 316 g/mol. The van der Waals surface area contributed by atoms with Crippen LogP contribution in [0.2, 0.25) is 0 Å². The highest BCUT2D eigenvalue weighted by Gasteiger charge is 2.38. The Morgan fingerprint density at radius 2 is 2.24 bits per heavy atom. The van der Waals surface area contributed by atoms with Gasteiger partial charge < -0.3 is 15.0 Å². The molecule has 0 aromatic heterocycles. The van der Waals surface area contributed by atoms with Gasteiger partial charge in [0, 0.05) is 17.7 Å². The molecule has 3 rings (SSSR count). The lowest BCUT2D eigenvalue weighted by Gasteiger charge is -2.25. The number of rotatable bonds is 5. The third-order valence-electron chi connectivity index (χ3n) is 4.69. The van der Waals surface area contributed by atoms with Crippen LogP contribution in [0.3, 0.4) is 0 Å². The molecule has 5 heteroatoms. The Balaban J connectivity index is 1.80. The number of ether oxygens (including phenoxy) is 1. The highest BCUT2D eigenvalue weighted by molar-refractivity contribution is 6.01. The number of hydrogen-bond acceptors (Lipinski definition) is 3. The molecule has 2 amide bonds. The highest BCUT2D eigenvalue weighted by Crippen LogP contribution is 2.33. The number of fused-ring (bicyclic) bond motifs is 1. The van der Waals surface area contributed by atoms with Crippen LogP contribution in [0.15, 0.2) is 42.5 Å². The van der Waals surface area contributed by atoms with Crippen LogP contribution in [-0.2, 0) is 11.3 Å². The Hall–Kier alpha value is -2.56. The van der Waals surface area contributed by atoms with Crippen molar-refractivity contribution < 1.29 is 14.3 Å². The average Bonchev–Trinajstić information content (AvgIpc) is 2.78. The van der Waals surface area contributed by atoms with Crippen molar-refractivity contribution in [2.45, 2.75) is 38.8 Å². The lowest BCUT2D eigenvalue weighted by molar-refractivity contribution is -0.125. The van der Waals surface area contributed by atoms with Gasteiger partial charge in [-0.05, 0) is 43.9 Å². The van der Waals surface area contributed by atoms with Gasteiger partial charge in [0.05, 0.1) is 6.54 Å². The van der Waals surface area contributed by atoms with E-state index in [9.17, 15) is 9.59 Å². The van der Waals surface area contributed by atoms with Crippen LogP contribution in [0.5, 0.6) is 5.75 Å². The molecule has 0 unspecified atom stereocenters. The largest absolute Gasteiger partial charge is 0.489 e. The first-order valence-electron chi connectivity index (χ1n) is 8.73. The average molecular weight is 340 g/mol. The molecule has 1 aromatic rings. The van der Waals surface area contributed by atoms with Gasteiger partial charge in [-0.3, -0.25) is 9.59 Å². The van der Waals surface area contributed by atoms with Crippen molar-refractivity contribution in [2.75, 3.05) is 13.2 Å². The smallest absolute Gasteiger partial charge is 0.255 e. The summed E-state index contributed by atoms with van der Waals surface area (Å²) in [5.74, 6) is 0.575. The van der Waals surface area contributed by atoms with Gasteiger partial charge in [-0.15, -0.1) is 0 Å². The standard InChI is InChI=1S/C20H24N2O3/c1-3-7-14(2)13-25-18-10-6-8-15-16(18)12-22(20(15)24)17-9-4-5-11-21-19(17)23/h3,6-8,10,17H,1,4-5,9,11-13H2,2H3,(H,21,23)/b14-7+/t17-/m0/s1. The van der Waals surface area contributed by atoms with Crippen molar-refractivity contribution in [3.8, 4) is 5.75 Å². The molecule has 1 atom stereocenters. The van der Waals surface area contributed by atoms with Crippen LogP contribution in [-0.4, -0.2) is 35.9 Å². The monoisotopic (exact) mass is 340 g/mol. The van der Waals surface area contributed by atoms with Crippen LogP contribution in [0.1, 0.15) is 42.1 Å². The number of benzene rings is 1. The minimum absolute atomic E-state index is 0.0501. The molecule has 5 nitrogen and oxygen atoms in total. The van der Waals surface area contributed by atoms with E-state index in [1.165, 1.54) is 0 Å². The third kappa shape index (κ3) is 3.60. The first kappa shape index (κ1) is 17.3. The zero-order chi connectivity index (χ0) is 17.8. The van der Waals surface area contributed by atoms with Gasteiger partial charge >= 0.3 is 0 Å². The van der Waals surface area contributed by atoms with E-state index in [0.717, 1.165) is 24.0 Å². The molecule has 1 saturated heterocycles. The van der Waals surface area contributed by atoms with Crippen molar-refractivity contribution in [2.24, 2.45) is 0 Å². The van der Waals surface area contributed by atoms with Crippen LogP contribution >= 0.6 is 0 Å².